The van der Waals surface area contributed by atoms with Gasteiger partial charge in [-0.3, -0.25) is 14.5 Å². The molecular formula is C24H27NO4S. The SMILES string of the molecule is CCCOc1ccc(C2=C(SCc3ccco3)C(=O)N(C3CCCCC3)C2=O)cc1. The van der Waals surface area contributed by atoms with E-state index in [1.807, 2.05) is 36.4 Å². The molecule has 5 nitrogen and oxygen atoms in total. The van der Waals surface area contributed by atoms with Crippen molar-refractivity contribution in [2.45, 2.75) is 57.2 Å². The van der Waals surface area contributed by atoms with Gasteiger partial charge in [0.1, 0.15) is 11.5 Å². The highest BCUT2D eigenvalue weighted by atomic mass is 32.2. The van der Waals surface area contributed by atoms with Crippen molar-refractivity contribution in [3.05, 3.63) is 58.9 Å². The molecule has 2 aromatic rings. The van der Waals surface area contributed by atoms with Crippen LogP contribution in [-0.4, -0.2) is 29.4 Å². The minimum Gasteiger partial charge on any atom is -0.494 e. The lowest BCUT2D eigenvalue weighted by molar-refractivity contribution is -0.139. The minimum atomic E-state index is -0.170. The molecular weight excluding hydrogens is 398 g/mol. The summed E-state index contributed by atoms with van der Waals surface area (Å²) in [6.07, 6.45) is 7.65. The van der Waals surface area contributed by atoms with Crippen molar-refractivity contribution >= 4 is 29.1 Å². The summed E-state index contributed by atoms with van der Waals surface area (Å²) in [5, 5.41) is 0. The number of hydrogen-bond acceptors (Lipinski definition) is 5. The molecule has 2 aliphatic rings. The maximum Gasteiger partial charge on any atom is 0.268 e. The molecule has 158 valence electrons. The van der Waals surface area contributed by atoms with Crippen LogP contribution >= 0.6 is 11.8 Å². The molecule has 0 spiro atoms. The average Bonchev–Trinajstić information content (AvgIpc) is 3.38. The number of rotatable bonds is 8. The Labute approximate surface area is 181 Å². The second-order valence-electron chi connectivity index (χ2n) is 7.72. The first-order valence-corrected chi connectivity index (χ1v) is 11.7. The molecule has 0 saturated heterocycles. The number of benzene rings is 1. The maximum atomic E-state index is 13.4. The Morgan fingerprint density at radius 3 is 2.50 bits per heavy atom. The van der Waals surface area contributed by atoms with Crippen molar-refractivity contribution in [3.63, 3.8) is 0 Å². The Balaban J connectivity index is 1.63. The zero-order valence-corrected chi connectivity index (χ0v) is 18.1. The van der Waals surface area contributed by atoms with Gasteiger partial charge in [-0.05, 0) is 49.1 Å². The maximum absolute atomic E-state index is 13.4. The number of nitrogens with zero attached hydrogens (tertiary/aromatic N) is 1. The van der Waals surface area contributed by atoms with Gasteiger partial charge in [0, 0.05) is 6.04 Å². The van der Waals surface area contributed by atoms with Crippen molar-refractivity contribution < 1.29 is 18.7 Å². The van der Waals surface area contributed by atoms with Crippen LogP contribution in [0.3, 0.4) is 0 Å². The molecule has 0 atom stereocenters. The third-order valence-corrected chi connectivity index (χ3v) is 6.66. The minimum absolute atomic E-state index is 0.00243. The number of amides is 2. The van der Waals surface area contributed by atoms with Gasteiger partial charge < -0.3 is 9.15 Å². The van der Waals surface area contributed by atoms with E-state index in [2.05, 4.69) is 6.92 Å². The fourth-order valence-corrected chi connectivity index (χ4v) is 5.08. The fourth-order valence-electron chi connectivity index (χ4n) is 4.06. The van der Waals surface area contributed by atoms with Crippen molar-refractivity contribution in [1.82, 2.24) is 4.90 Å². The highest BCUT2D eigenvalue weighted by molar-refractivity contribution is 8.03. The number of imide groups is 1. The summed E-state index contributed by atoms with van der Waals surface area (Å²) < 4.78 is 11.1. The number of furan rings is 1. The van der Waals surface area contributed by atoms with E-state index in [9.17, 15) is 9.59 Å². The fraction of sp³-hybridized carbons (Fsp3) is 0.417. The lowest BCUT2D eigenvalue weighted by Gasteiger charge is -2.29. The van der Waals surface area contributed by atoms with Crippen LogP contribution in [0, 0.1) is 0 Å². The highest BCUT2D eigenvalue weighted by Crippen LogP contribution is 2.40. The third kappa shape index (κ3) is 4.33. The normalized spacial score (nSPS) is 17.8. The van der Waals surface area contributed by atoms with Crippen LogP contribution in [0.1, 0.15) is 56.8 Å². The number of hydrogen-bond donors (Lipinski definition) is 0. The van der Waals surface area contributed by atoms with E-state index < -0.39 is 0 Å². The van der Waals surface area contributed by atoms with E-state index in [0.717, 1.165) is 49.2 Å². The molecule has 0 unspecified atom stereocenters. The van der Waals surface area contributed by atoms with Gasteiger partial charge >= 0.3 is 0 Å². The van der Waals surface area contributed by atoms with Crippen LogP contribution in [0.15, 0.2) is 52.0 Å². The third-order valence-electron chi connectivity index (χ3n) is 5.57. The zero-order chi connectivity index (χ0) is 20.9. The van der Waals surface area contributed by atoms with Crippen molar-refractivity contribution in [2.75, 3.05) is 6.61 Å². The molecule has 1 aromatic heterocycles. The first-order valence-electron chi connectivity index (χ1n) is 10.7. The smallest absolute Gasteiger partial charge is 0.268 e. The quantitative estimate of drug-likeness (QED) is 0.529. The number of carbonyl (C=O) groups is 2. The monoisotopic (exact) mass is 425 g/mol. The highest BCUT2D eigenvalue weighted by Gasteiger charge is 2.43. The van der Waals surface area contributed by atoms with Gasteiger partial charge in [-0.15, -0.1) is 11.8 Å². The summed E-state index contributed by atoms with van der Waals surface area (Å²) in [5.74, 6) is 1.74. The lowest BCUT2D eigenvalue weighted by atomic mass is 9.94. The first kappa shape index (κ1) is 20.8. The van der Waals surface area contributed by atoms with E-state index in [-0.39, 0.29) is 17.9 Å². The second-order valence-corrected chi connectivity index (χ2v) is 8.70. The number of carbonyl (C=O) groups excluding carboxylic acids is 2. The van der Waals surface area contributed by atoms with Crippen molar-refractivity contribution in [1.29, 1.82) is 0 Å². The Kier molecular flexibility index (Phi) is 6.62. The predicted octanol–water partition coefficient (Wildman–Crippen LogP) is 5.41. The van der Waals surface area contributed by atoms with Gasteiger partial charge in [-0.2, -0.15) is 0 Å². The van der Waals surface area contributed by atoms with E-state index in [0.29, 0.717) is 22.8 Å². The number of thioether (sulfide) groups is 1. The van der Waals surface area contributed by atoms with Crippen molar-refractivity contribution in [2.24, 2.45) is 0 Å². The summed E-state index contributed by atoms with van der Waals surface area (Å²) >= 11 is 1.38. The van der Waals surface area contributed by atoms with Gasteiger partial charge in [0.05, 0.1) is 29.1 Å². The first-order chi connectivity index (χ1) is 14.7. The van der Waals surface area contributed by atoms with Crippen LogP contribution < -0.4 is 4.74 Å². The Morgan fingerprint density at radius 1 is 1.07 bits per heavy atom. The molecule has 30 heavy (non-hydrogen) atoms. The van der Waals surface area contributed by atoms with Crippen LogP contribution in [0.4, 0.5) is 0 Å². The summed E-state index contributed by atoms with van der Waals surface area (Å²) in [6, 6.07) is 11.2. The molecule has 1 aromatic carbocycles. The van der Waals surface area contributed by atoms with Crippen LogP contribution in [0.25, 0.3) is 5.57 Å². The van der Waals surface area contributed by atoms with Crippen molar-refractivity contribution in [3.8, 4) is 5.75 Å². The van der Waals surface area contributed by atoms with Gasteiger partial charge in [-0.25, -0.2) is 0 Å². The molecule has 0 N–H and O–H groups in total. The molecule has 1 saturated carbocycles. The molecule has 2 amide bonds. The Bertz CT molecular complexity index is 911. The predicted molar refractivity (Wildman–Crippen MR) is 118 cm³/mol. The molecule has 1 aliphatic carbocycles. The standard InChI is InChI=1S/C24H27NO4S/c1-2-14-28-19-12-10-17(11-13-19)21-22(30-16-20-9-6-15-29-20)24(27)25(23(21)26)18-7-4-3-5-8-18/h6,9-13,15,18H,2-5,7-8,14,16H2,1H3. The summed E-state index contributed by atoms with van der Waals surface area (Å²) in [4.78, 5) is 28.8. The number of ether oxygens (including phenoxy) is 1. The Morgan fingerprint density at radius 2 is 1.83 bits per heavy atom. The molecule has 1 fully saturated rings. The molecule has 6 heteroatoms. The zero-order valence-electron chi connectivity index (χ0n) is 17.3. The van der Waals surface area contributed by atoms with E-state index in [1.54, 1.807) is 6.26 Å². The van der Waals surface area contributed by atoms with Crippen LogP contribution in [0.5, 0.6) is 5.75 Å². The van der Waals surface area contributed by atoms with E-state index in [1.165, 1.54) is 23.1 Å². The summed E-state index contributed by atoms with van der Waals surface area (Å²) in [5.41, 5.74) is 1.27. The molecule has 4 rings (SSSR count). The van der Waals surface area contributed by atoms with E-state index in [4.69, 9.17) is 9.15 Å². The topological polar surface area (TPSA) is 59.8 Å². The Hall–Kier alpha value is -2.47. The van der Waals surface area contributed by atoms with E-state index >= 15 is 0 Å². The van der Waals surface area contributed by atoms with Gasteiger partial charge in [-0.1, -0.05) is 38.3 Å². The van der Waals surface area contributed by atoms with Crippen LogP contribution in [-0.2, 0) is 15.3 Å². The molecule has 2 heterocycles. The summed E-state index contributed by atoms with van der Waals surface area (Å²) in [7, 11) is 0. The average molecular weight is 426 g/mol. The van der Waals surface area contributed by atoms with Gasteiger partial charge in [0.2, 0.25) is 0 Å². The largest absolute Gasteiger partial charge is 0.494 e. The second kappa shape index (κ2) is 9.56. The summed E-state index contributed by atoms with van der Waals surface area (Å²) in [6.45, 7) is 2.71. The van der Waals surface area contributed by atoms with Gasteiger partial charge in [0.25, 0.3) is 11.8 Å². The molecule has 0 bridgehead atoms. The lowest BCUT2D eigenvalue weighted by Crippen LogP contribution is -2.42. The van der Waals surface area contributed by atoms with Crippen LogP contribution in [0.2, 0.25) is 0 Å². The molecule has 0 radical (unpaired) electrons. The molecule has 1 aliphatic heterocycles. The van der Waals surface area contributed by atoms with Gasteiger partial charge in [0.15, 0.2) is 0 Å².